The van der Waals surface area contributed by atoms with Crippen molar-refractivity contribution < 1.29 is 0 Å². The number of hydrogen-bond acceptors (Lipinski definition) is 4. The van der Waals surface area contributed by atoms with E-state index < -0.39 is 0 Å². The molecule has 1 aliphatic heterocycles. The topological polar surface area (TPSA) is 34.0 Å². The van der Waals surface area contributed by atoms with Crippen molar-refractivity contribution in [1.29, 1.82) is 0 Å². The van der Waals surface area contributed by atoms with Gasteiger partial charge < -0.3 is 0 Å². The second-order valence-electron chi connectivity index (χ2n) is 5.53. The van der Waals surface area contributed by atoms with Crippen molar-refractivity contribution in [3.8, 4) is 0 Å². The van der Waals surface area contributed by atoms with Gasteiger partial charge in [0.15, 0.2) is 0 Å². The third-order valence-corrected chi connectivity index (χ3v) is 4.98. The molecule has 0 saturated carbocycles. The highest BCUT2D eigenvalue weighted by molar-refractivity contribution is 7.11. The Bertz CT molecular complexity index is 552. The summed E-state index contributed by atoms with van der Waals surface area (Å²) < 4.78 is 2.03. The molecule has 0 unspecified atom stereocenters. The molecule has 0 spiro atoms. The molecule has 0 N–H and O–H groups in total. The van der Waals surface area contributed by atoms with Gasteiger partial charge in [0.2, 0.25) is 0 Å². The maximum absolute atomic E-state index is 4.40. The Balaban J connectivity index is 1.54. The van der Waals surface area contributed by atoms with Crippen LogP contribution in [-0.2, 0) is 13.1 Å². The van der Waals surface area contributed by atoms with Gasteiger partial charge in [-0.25, -0.2) is 4.98 Å². The normalized spacial score (nSPS) is 17.7. The highest BCUT2D eigenvalue weighted by Crippen LogP contribution is 2.28. The van der Waals surface area contributed by atoms with Crippen LogP contribution < -0.4 is 0 Å². The Labute approximate surface area is 124 Å². The molecule has 0 atom stereocenters. The number of hydrogen-bond donors (Lipinski definition) is 0. The first-order valence-electron chi connectivity index (χ1n) is 7.40. The summed E-state index contributed by atoms with van der Waals surface area (Å²) in [5.41, 5.74) is 1.42. The van der Waals surface area contributed by atoms with Crippen molar-refractivity contribution in [2.75, 3.05) is 13.1 Å². The minimum Gasteiger partial charge on any atom is -0.298 e. The summed E-state index contributed by atoms with van der Waals surface area (Å²) in [6.07, 6.45) is 8.78. The van der Waals surface area contributed by atoms with Crippen LogP contribution in [0.5, 0.6) is 0 Å². The van der Waals surface area contributed by atoms with E-state index in [1.54, 1.807) is 0 Å². The molecule has 3 rings (SSSR count). The van der Waals surface area contributed by atoms with Crippen LogP contribution in [0, 0.1) is 6.92 Å². The third-order valence-electron chi connectivity index (χ3n) is 4.08. The molecular weight excluding hydrogens is 268 g/mol. The predicted octanol–water partition coefficient (Wildman–Crippen LogP) is 3.05. The average Bonchev–Trinajstić information content (AvgIpc) is 3.09. The second-order valence-corrected chi connectivity index (χ2v) is 6.84. The number of nitrogens with zero attached hydrogens (tertiary/aromatic N) is 4. The number of likely N-dealkylation sites (tertiary alicyclic amines) is 1. The lowest BCUT2D eigenvalue weighted by molar-refractivity contribution is 0.206. The highest BCUT2D eigenvalue weighted by atomic mass is 32.1. The van der Waals surface area contributed by atoms with E-state index in [2.05, 4.69) is 41.2 Å². The summed E-state index contributed by atoms with van der Waals surface area (Å²) in [5.74, 6) is 0.690. The first kappa shape index (κ1) is 13.8. The Morgan fingerprint density at radius 3 is 2.70 bits per heavy atom. The maximum Gasteiger partial charge on any atom is 0.0897 e. The number of piperidine rings is 1. The van der Waals surface area contributed by atoms with Crippen molar-refractivity contribution in [3.05, 3.63) is 34.0 Å². The summed E-state index contributed by atoms with van der Waals surface area (Å²) in [4.78, 5) is 8.28. The molecule has 3 heterocycles. The largest absolute Gasteiger partial charge is 0.298 e. The smallest absolute Gasteiger partial charge is 0.0897 e. The molecule has 1 fully saturated rings. The summed E-state index contributed by atoms with van der Waals surface area (Å²) in [6.45, 7) is 8.59. The molecule has 0 amide bonds. The molecule has 108 valence electrons. The summed E-state index contributed by atoms with van der Waals surface area (Å²) in [7, 11) is 0. The van der Waals surface area contributed by atoms with E-state index in [1.807, 2.05) is 22.2 Å². The van der Waals surface area contributed by atoms with Crippen LogP contribution in [0.3, 0.4) is 0 Å². The molecular formula is C15H22N4S. The SMILES string of the molecule is CCn1cc(C2CCN(Cc3cnc(C)s3)CC2)cn1. The zero-order valence-electron chi connectivity index (χ0n) is 12.2. The lowest BCUT2D eigenvalue weighted by Gasteiger charge is -2.31. The van der Waals surface area contributed by atoms with Crippen LogP contribution in [0.2, 0.25) is 0 Å². The average molecular weight is 290 g/mol. The zero-order valence-corrected chi connectivity index (χ0v) is 13.1. The predicted molar refractivity (Wildman–Crippen MR) is 82.0 cm³/mol. The Morgan fingerprint density at radius 2 is 2.10 bits per heavy atom. The van der Waals surface area contributed by atoms with Gasteiger partial charge in [-0.1, -0.05) is 0 Å². The maximum atomic E-state index is 4.40. The summed E-state index contributed by atoms with van der Waals surface area (Å²) >= 11 is 1.82. The van der Waals surface area contributed by atoms with Gasteiger partial charge in [-0.15, -0.1) is 11.3 Å². The minimum atomic E-state index is 0.690. The van der Waals surface area contributed by atoms with Crippen LogP contribution >= 0.6 is 11.3 Å². The van der Waals surface area contributed by atoms with Gasteiger partial charge in [-0.05, 0) is 51.3 Å². The fraction of sp³-hybridized carbons (Fsp3) is 0.600. The Kier molecular flexibility index (Phi) is 4.17. The van der Waals surface area contributed by atoms with Crippen molar-refractivity contribution in [2.24, 2.45) is 0 Å². The van der Waals surface area contributed by atoms with E-state index >= 15 is 0 Å². The van der Waals surface area contributed by atoms with Crippen LogP contribution in [0.25, 0.3) is 0 Å². The molecule has 0 aliphatic carbocycles. The molecule has 0 bridgehead atoms. The number of thiazole rings is 1. The lowest BCUT2D eigenvalue weighted by Crippen LogP contribution is -2.32. The van der Waals surface area contributed by atoms with Gasteiger partial charge in [-0.2, -0.15) is 5.10 Å². The molecule has 2 aromatic heterocycles. The molecule has 0 radical (unpaired) electrons. The quantitative estimate of drug-likeness (QED) is 0.868. The highest BCUT2D eigenvalue weighted by Gasteiger charge is 2.22. The monoisotopic (exact) mass is 290 g/mol. The van der Waals surface area contributed by atoms with Gasteiger partial charge in [0, 0.05) is 30.4 Å². The van der Waals surface area contributed by atoms with Gasteiger partial charge >= 0.3 is 0 Å². The zero-order chi connectivity index (χ0) is 13.9. The molecule has 4 nitrogen and oxygen atoms in total. The van der Waals surface area contributed by atoms with Gasteiger partial charge in [-0.3, -0.25) is 9.58 Å². The van der Waals surface area contributed by atoms with Gasteiger partial charge in [0.05, 0.1) is 11.2 Å². The Hall–Kier alpha value is -1.20. The Morgan fingerprint density at radius 1 is 1.30 bits per heavy atom. The summed E-state index contributed by atoms with van der Waals surface area (Å²) in [5, 5.41) is 5.56. The van der Waals surface area contributed by atoms with Gasteiger partial charge in [0.1, 0.15) is 0 Å². The fourth-order valence-electron chi connectivity index (χ4n) is 2.89. The lowest BCUT2D eigenvalue weighted by atomic mass is 9.91. The number of aryl methyl sites for hydroxylation is 2. The number of rotatable bonds is 4. The fourth-order valence-corrected chi connectivity index (χ4v) is 3.72. The van der Waals surface area contributed by atoms with Crippen LogP contribution in [0.1, 0.15) is 41.1 Å². The first-order valence-corrected chi connectivity index (χ1v) is 8.22. The van der Waals surface area contributed by atoms with E-state index in [1.165, 1.54) is 41.4 Å². The van der Waals surface area contributed by atoms with Crippen molar-refractivity contribution in [1.82, 2.24) is 19.7 Å². The van der Waals surface area contributed by atoms with E-state index in [-0.39, 0.29) is 0 Å². The standard InChI is InChI=1S/C15H22N4S/c1-3-19-10-14(8-17-19)13-4-6-18(7-5-13)11-15-9-16-12(2)20-15/h8-10,13H,3-7,11H2,1-2H3. The molecule has 0 aromatic carbocycles. The van der Waals surface area contributed by atoms with Crippen LogP contribution in [0.15, 0.2) is 18.6 Å². The second kappa shape index (κ2) is 6.06. The molecule has 1 aliphatic rings. The van der Waals surface area contributed by atoms with E-state index in [9.17, 15) is 0 Å². The van der Waals surface area contributed by atoms with Crippen LogP contribution in [0.4, 0.5) is 0 Å². The van der Waals surface area contributed by atoms with E-state index in [4.69, 9.17) is 0 Å². The third kappa shape index (κ3) is 3.10. The minimum absolute atomic E-state index is 0.690. The molecule has 20 heavy (non-hydrogen) atoms. The van der Waals surface area contributed by atoms with Crippen molar-refractivity contribution in [2.45, 2.75) is 45.7 Å². The van der Waals surface area contributed by atoms with Gasteiger partial charge in [0.25, 0.3) is 0 Å². The van der Waals surface area contributed by atoms with Crippen molar-refractivity contribution >= 4 is 11.3 Å². The first-order chi connectivity index (χ1) is 9.74. The van der Waals surface area contributed by atoms with E-state index in [0.717, 1.165) is 13.1 Å². The number of aromatic nitrogens is 3. The van der Waals surface area contributed by atoms with E-state index in [0.29, 0.717) is 5.92 Å². The molecule has 1 saturated heterocycles. The molecule has 2 aromatic rings. The summed E-state index contributed by atoms with van der Waals surface area (Å²) in [6, 6.07) is 0. The van der Waals surface area contributed by atoms with Crippen molar-refractivity contribution in [3.63, 3.8) is 0 Å². The van der Waals surface area contributed by atoms with Crippen LogP contribution in [-0.4, -0.2) is 32.8 Å². The molecule has 5 heteroatoms.